The number of pyridine rings is 1. The Kier molecular flexibility index (Phi) is 9.05. The van der Waals surface area contributed by atoms with Gasteiger partial charge in [0, 0.05) is 55.0 Å². The third-order valence-electron chi connectivity index (χ3n) is 5.64. The third kappa shape index (κ3) is 6.83. The van der Waals surface area contributed by atoms with Crippen LogP contribution >= 0.6 is 0 Å². The topological polar surface area (TPSA) is 76.3 Å². The van der Waals surface area contributed by atoms with E-state index in [0.717, 1.165) is 66.1 Å². The van der Waals surface area contributed by atoms with Crippen LogP contribution in [0.15, 0.2) is 79.8 Å². The summed E-state index contributed by atoms with van der Waals surface area (Å²) in [6, 6.07) is 14.3. The molecule has 0 fully saturated rings. The Bertz CT molecular complexity index is 1130. The molecule has 0 aliphatic heterocycles. The number of aromatic nitrogens is 2. The van der Waals surface area contributed by atoms with Crippen molar-refractivity contribution in [1.29, 1.82) is 0 Å². The van der Waals surface area contributed by atoms with Gasteiger partial charge in [0.15, 0.2) is 0 Å². The first-order valence-corrected chi connectivity index (χ1v) is 11.4. The zero-order valence-electron chi connectivity index (χ0n) is 20.1. The Morgan fingerprint density at radius 2 is 2.03 bits per heavy atom. The van der Waals surface area contributed by atoms with Gasteiger partial charge in [-0.3, -0.25) is 9.78 Å². The normalized spacial score (nSPS) is 11.4. The van der Waals surface area contributed by atoms with Crippen LogP contribution in [0.3, 0.4) is 0 Å². The molecule has 0 atom stereocenters. The molecule has 7 heteroatoms. The van der Waals surface area contributed by atoms with Gasteiger partial charge in [-0.25, -0.2) is 0 Å². The number of carbonyl (C=O) groups excluding carboxylic acids is 1. The molecule has 3 N–H and O–H groups in total. The Morgan fingerprint density at radius 3 is 2.76 bits per heavy atom. The van der Waals surface area contributed by atoms with Gasteiger partial charge in [0.2, 0.25) is 6.41 Å². The van der Waals surface area contributed by atoms with Crippen LogP contribution in [0.1, 0.15) is 17.8 Å². The standard InChI is InChI=1S/C27H34N6O/c1-5-9-27(26-10-6-7-15-29-26)33(4)21(2)30-23-11-12-25-22(18-23)19-24(31-25)13-17-32(3)16-8-14-28-20-34/h5-7,9-12,15,18-20,30-31H,1-2,8,13-14,16-17H2,3-4H3,(H,28,34)/b27-9-. The van der Waals surface area contributed by atoms with Gasteiger partial charge in [-0.15, -0.1) is 0 Å². The number of anilines is 1. The largest absolute Gasteiger partial charge is 0.359 e. The molecular weight excluding hydrogens is 424 g/mol. The molecule has 7 nitrogen and oxygen atoms in total. The number of rotatable bonds is 14. The van der Waals surface area contributed by atoms with Crippen LogP contribution in [-0.2, 0) is 11.2 Å². The van der Waals surface area contributed by atoms with Crippen molar-refractivity contribution in [1.82, 2.24) is 25.1 Å². The Hall–Kier alpha value is -3.84. The van der Waals surface area contributed by atoms with Gasteiger partial charge in [-0.1, -0.05) is 25.3 Å². The van der Waals surface area contributed by atoms with Gasteiger partial charge < -0.3 is 25.4 Å². The summed E-state index contributed by atoms with van der Waals surface area (Å²) in [5.74, 6) is 0.736. The molecule has 3 rings (SSSR count). The van der Waals surface area contributed by atoms with Crippen LogP contribution in [0.5, 0.6) is 0 Å². The van der Waals surface area contributed by atoms with Crippen molar-refractivity contribution in [3.8, 4) is 0 Å². The number of likely N-dealkylation sites (N-methyl/N-ethyl adjacent to an activating group) is 1. The summed E-state index contributed by atoms with van der Waals surface area (Å²) in [6.45, 7) is 10.7. The second kappa shape index (κ2) is 12.4. The molecule has 178 valence electrons. The van der Waals surface area contributed by atoms with Crippen LogP contribution in [0.2, 0.25) is 0 Å². The van der Waals surface area contributed by atoms with E-state index in [1.807, 2.05) is 42.3 Å². The number of carbonyl (C=O) groups is 1. The number of H-pyrrole nitrogens is 1. The smallest absolute Gasteiger partial charge is 0.207 e. The molecule has 2 aromatic heterocycles. The van der Waals surface area contributed by atoms with Crippen LogP contribution in [-0.4, -0.2) is 59.9 Å². The number of aromatic amines is 1. The first kappa shape index (κ1) is 24.8. The Morgan fingerprint density at radius 1 is 1.18 bits per heavy atom. The second-order valence-corrected chi connectivity index (χ2v) is 8.21. The predicted molar refractivity (Wildman–Crippen MR) is 141 cm³/mol. The highest BCUT2D eigenvalue weighted by Gasteiger charge is 2.12. The van der Waals surface area contributed by atoms with Crippen molar-refractivity contribution in [2.45, 2.75) is 12.8 Å². The number of fused-ring (bicyclic) bond motifs is 1. The fourth-order valence-electron chi connectivity index (χ4n) is 3.73. The predicted octanol–water partition coefficient (Wildman–Crippen LogP) is 4.22. The molecule has 0 aliphatic rings. The maximum Gasteiger partial charge on any atom is 0.207 e. The summed E-state index contributed by atoms with van der Waals surface area (Å²) < 4.78 is 0. The lowest BCUT2D eigenvalue weighted by atomic mass is 10.2. The number of nitrogens with one attached hydrogen (secondary N) is 3. The van der Waals surface area contributed by atoms with Gasteiger partial charge >= 0.3 is 0 Å². The van der Waals surface area contributed by atoms with Crippen molar-refractivity contribution in [3.05, 3.63) is 91.2 Å². The molecule has 0 aliphatic carbocycles. The van der Waals surface area contributed by atoms with Crippen molar-refractivity contribution in [3.63, 3.8) is 0 Å². The van der Waals surface area contributed by atoms with E-state index in [2.05, 4.69) is 63.9 Å². The molecule has 0 saturated heterocycles. The lowest BCUT2D eigenvalue weighted by Crippen LogP contribution is -2.25. The van der Waals surface area contributed by atoms with E-state index < -0.39 is 0 Å². The summed E-state index contributed by atoms with van der Waals surface area (Å²) in [7, 11) is 4.06. The summed E-state index contributed by atoms with van der Waals surface area (Å²) >= 11 is 0. The van der Waals surface area contributed by atoms with Crippen molar-refractivity contribution < 1.29 is 4.79 Å². The third-order valence-corrected chi connectivity index (χ3v) is 5.64. The van der Waals surface area contributed by atoms with Gasteiger partial charge in [-0.05, 0) is 62.5 Å². The monoisotopic (exact) mass is 458 g/mol. The molecule has 2 heterocycles. The number of hydrogen-bond donors (Lipinski definition) is 3. The fraction of sp³-hybridized carbons (Fsp3) is 0.259. The molecule has 34 heavy (non-hydrogen) atoms. The second-order valence-electron chi connectivity index (χ2n) is 8.21. The minimum Gasteiger partial charge on any atom is -0.359 e. The molecule has 3 aromatic rings. The first-order chi connectivity index (χ1) is 16.5. The van der Waals surface area contributed by atoms with E-state index in [1.165, 1.54) is 5.69 Å². The van der Waals surface area contributed by atoms with E-state index in [1.54, 1.807) is 12.3 Å². The molecule has 0 radical (unpaired) electrons. The van der Waals surface area contributed by atoms with Gasteiger partial charge in [-0.2, -0.15) is 0 Å². The fourth-order valence-corrected chi connectivity index (χ4v) is 3.73. The lowest BCUT2D eigenvalue weighted by Gasteiger charge is -2.25. The molecule has 1 amide bonds. The maximum atomic E-state index is 10.3. The summed E-state index contributed by atoms with van der Waals surface area (Å²) in [5.41, 5.74) is 5.03. The molecular formula is C27H34N6O. The van der Waals surface area contributed by atoms with Crippen LogP contribution in [0.4, 0.5) is 5.69 Å². The van der Waals surface area contributed by atoms with E-state index in [4.69, 9.17) is 0 Å². The molecule has 1 aromatic carbocycles. The van der Waals surface area contributed by atoms with E-state index in [-0.39, 0.29) is 0 Å². The Labute approximate surface area is 201 Å². The van der Waals surface area contributed by atoms with Crippen molar-refractivity contribution in [2.75, 3.05) is 39.0 Å². The first-order valence-electron chi connectivity index (χ1n) is 11.4. The molecule has 0 spiro atoms. The summed E-state index contributed by atoms with van der Waals surface area (Å²) in [4.78, 5) is 22.5. The number of allylic oxidation sites excluding steroid dienone is 2. The number of nitrogens with zero attached hydrogens (tertiary/aromatic N) is 3. The number of hydrogen-bond acceptors (Lipinski definition) is 5. The minimum atomic E-state index is 0.712. The lowest BCUT2D eigenvalue weighted by molar-refractivity contribution is -0.109. The van der Waals surface area contributed by atoms with E-state index in [9.17, 15) is 4.79 Å². The molecule has 0 unspecified atom stereocenters. The van der Waals surface area contributed by atoms with Gasteiger partial charge in [0.1, 0.15) is 5.82 Å². The van der Waals surface area contributed by atoms with E-state index >= 15 is 0 Å². The SMILES string of the molecule is C=C/C=C(/c1ccccn1)N(C)C(=C)Nc1ccc2[nH]c(CCN(C)CCCNC=O)cc2c1. The van der Waals surface area contributed by atoms with E-state index in [0.29, 0.717) is 6.54 Å². The zero-order valence-corrected chi connectivity index (χ0v) is 20.1. The number of amides is 1. The molecule has 0 saturated carbocycles. The van der Waals surface area contributed by atoms with Crippen LogP contribution < -0.4 is 10.6 Å². The van der Waals surface area contributed by atoms with Crippen LogP contribution in [0, 0.1) is 0 Å². The highest BCUT2D eigenvalue weighted by Crippen LogP contribution is 2.24. The highest BCUT2D eigenvalue weighted by atomic mass is 16.1. The number of benzene rings is 1. The average molecular weight is 459 g/mol. The Balaban J connectivity index is 1.62. The zero-order chi connectivity index (χ0) is 24.3. The minimum absolute atomic E-state index is 0.712. The quantitative estimate of drug-likeness (QED) is 0.192. The highest BCUT2D eigenvalue weighted by molar-refractivity contribution is 5.84. The van der Waals surface area contributed by atoms with Gasteiger partial charge in [0.25, 0.3) is 0 Å². The van der Waals surface area contributed by atoms with Crippen molar-refractivity contribution >= 4 is 28.7 Å². The maximum absolute atomic E-state index is 10.3. The van der Waals surface area contributed by atoms with Gasteiger partial charge in [0.05, 0.1) is 11.4 Å². The summed E-state index contributed by atoms with van der Waals surface area (Å²) in [6.07, 6.45) is 8.08. The average Bonchev–Trinajstić information content (AvgIpc) is 3.26. The molecule has 0 bridgehead atoms. The van der Waals surface area contributed by atoms with Crippen LogP contribution in [0.25, 0.3) is 16.6 Å². The summed E-state index contributed by atoms with van der Waals surface area (Å²) in [5, 5.41) is 7.27. The van der Waals surface area contributed by atoms with Crippen molar-refractivity contribution in [2.24, 2.45) is 0 Å².